The van der Waals surface area contributed by atoms with Crippen LogP contribution in [0.2, 0.25) is 5.02 Å². The molecule has 1 amide bonds. The SMILES string of the molecule is O=C(Nc1cc(Cl)ccc1O)c1cccc(S(=O)(=O)N2CCC(N3CCCCC3)CC2)c1. The van der Waals surface area contributed by atoms with E-state index in [-0.39, 0.29) is 21.9 Å². The Kier molecular flexibility index (Phi) is 7.05. The average Bonchev–Trinajstić information content (AvgIpc) is 2.82. The van der Waals surface area contributed by atoms with Crippen molar-refractivity contribution in [3.05, 3.63) is 53.1 Å². The third-order valence-corrected chi connectivity index (χ3v) is 8.40. The van der Waals surface area contributed by atoms with Crippen LogP contribution in [0.1, 0.15) is 42.5 Å². The van der Waals surface area contributed by atoms with E-state index in [1.165, 1.54) is 53.9 Å². The van der Waals surface area contributed by atoms with Gasteiger partial charge < -0.3 is 15.3 Å². The van der Waals surface area contributed by atoms with Crippen molar-refractivity contribution in [2.24, 2.45) is 0 Å². The zero-order valence-electron chi connectivity index (χ0n) is 17.8. The topological polar surface area (TPSA) is 89.9 Å². The van der Waals surface area contributed by atoms with Crippen LogP contribution in [0.25, 0.3) is 0 Å². The maximum Gasteiger partial charge on any atom is 0.255 e. The number of aromatic hydroxyl groups is 1. The van der Waals surface area contributed by atoms with Gasteiger partial charge in [0, 0.05) is 29.7 Å². The highest BCUT2D eigenvalue weighted by atomic mass is 35.5. The Morgan fingerprint density at radius 2 is 1.72 bits per heavy atom. The van der Waals surface area contributed by atoms with E-state index in [0.717, 1.165) is 25.9 Å². The molecule has 2 N–H and O–H groups in total. The molecule has 0 radical (unpaired) electrons. The molecule has 0 unspecified atom stereocenters. The van der Waals surface area contributed by atoms with Gasteiger partial charge in [-0.3, -0.25) is 4.79 Å². The van der Waals surface area contributed by atoms with Crippen molar-refractivity contribution < 1.29 is 18.3 Å². The number of hydrogen-bond donors (Lipinski definition) is 2. The van der Waals surface area contributed by atoms with Gasteiger partial charge in [0.2, 0.25) is 10.0 Å². The molecule has 2 heterocycles. The molecule has 0 aromatic heterocycles. The fourth-order valence-corrected chi connectivity index (χ4v) is 6.17. The summed E-state index contributed by atoms with van der Waals surface area (Å²) in [7, 11) is -3.70. The maximum atomic E-state index is 13.2. The first kappa shape index (κ1) is 23.0. The van der Waals surface area contributed by atoms with Crippen LogP contribution < -0.4 is 5.32 Å². The van der Waals surface area contributed by atoms with Crippen LogP contribution in [0.3, 0.4) is 0 Å². The van der Waals surface area contributed by atoms with Crippen LogP contribution in [-0.4, -0.2) is 60.9 Å². The lowest BCUT2D eigenvalue weighted by Gasteiger charge is -2.39. The van der Waals surface area contributed by atoms with Gasteiger partial charge in [0.15, 0.2) is 0 Å². The molecule has 9 heteroatoms. The molecule has 2 fully saturated rings. The molecule has 0 aliphatic carbocycles. The van der Waals surface area contributed by atoms with Crippen molar-refractivity contribution in [2.75, 3.05) is 31.5 Å². The molecule has 0 saturated carbocycles. The Morgan fingerprint density at radius 3 is 2.44 bits per heavy atom. The number of anilines is 1. The number of halogens is 1. The first-order valence-electron chi connectivity index (χ1n) is 11.0. The highest BCUT2D eigenvalue weighted by molar-refractivity contribution is 7.89. The summed E-state index contributed by atoms with van der Waals surface area (Å²) >= 11 is 5.93. The van der Waals surface area contributed by atoms with Crippen molar-refractivity contribution in [1.29, 1.82) is 0 Å². The van der Waals surface area contributed by atoms with E-state index in [1.54, 1.807) is 12.1 Å². The molecular formula is C23H28ClN3O4S. The summed E-state index contributed by atoms with van der Waals surface area (Å²) in [5.41, 5.74) is 0.351. The number of rotatable bonds is 5. The molecule has 32 heavy (non-hydrogen) atoms. The van der Waals surface area contributed by atoms with Crippen molar-refractivity contribution in [3.8, 4) is 5.75 Å². The lowest BCUT2D eigenvalue weighted by molar-refractivity contribution is 0.102. The Morgan fingerprint density at radius 1 is 1.00 bits per heavy atom. The molecule has 4 rings (SSSR count). The number of amides is 1. The zero-order chi connectivity index (χ0) is 22.7. The predicted octanol–water partition coefficient (Wildman–Crippen LogP) is 3.94. The third kappa shape index (κ3) is 5.09. The van der Waals surface area contributed by atoms with Crippen molar-refractivity contribution in [3.63, 3.8) is 0 Å². The summed E-state index contributed by atoms with van der Waals surface area (Å²) in [5.74, 6) is -0.647. The van der Waals surface area contributed by atoms with Crippen molar-refractivity contribution in [2.45, 2.75) is 43.0 Å². The summed E-state index contributed by atoms with van der Waals surface area (Å²) in [5, 5.41) is 12.9. The molecule has 0 atom stereocenters. The Hall–Kier alpha value is -2.13. The van der Waals surface area contributed by atoms with Crippen LogP contribution in [-0.2, 0) is 10.0 Å². The van der Waals surface area contributed by atoms with Gasteiger partial charge in [-0.25, -0.2) is 8.42 Å². The van der Waals surface area contributed by atoms with E-state index in [2.05, 4.69) is 10.2 Å². The fourth-order valence-electron chi connectivity index (χ4n) is 4.48. The summed E-state index contributed by atoms with van der Waals surface area (Å²) in [6.07, 6.45) is 5.38. The quantitative estimate of drug-likeness (QED) is 0.636. The summed E-state index contributed by atoms with van der Waals surface area (Å²) in [4.78, 5) is 15.3. The summed E-state index contributed by atoms with van der Waals surface area (Å²) in [6, 6.07) is 10.8. The predicted molar refractivity (Wildman–Crippen MR) is 125 cm³/mol. The summed E-state index contributed by atoms with van der Waals surface area (Å²) < 4.78 is 28.0. The van der Waals surface area contributed by atoms with Gasteiger partial charge in [0.1, 0.15) is 5.75 Å². The molecule has 2 aromatic rings. The second-order valence-corrected chi connectivity index (χ2v) is 10.7. The smallest absolute Gasteiger partial charge is 0.255 e. The number of hydrogen-bond acceptors (Lipinski definition) is 5. The number of benzene rings is 2. The van der Waals surface area contributed by atoms with Crippen molar-refractivity contribution in [1.82, 2.24) is 9.21 Å². The number of nitrogens with zero attached hydrogens (tertiary/aromatic N) is 2. The first-order valence-corrected chi connectivity index (χ1v) is 12.8. The fraction of sp³-hybridized carbons (Fsp3) is 0.435. The van der Waals surface area contributed by atoms with Gasteiger partial charge in [-0.2, -0.15) is 4.31 Å². The largest absolute Gasteiger partial charge is 0.506 e. The minimum absolute atomic E-state index is 0.0943. The second-order valence-electron chi connectivity index (χ2n) is 8.38. The van der Waals surface area contributed by atoms with Gasteiger partial charge in [0.25, 0.3) is 5.91 Å². The Balaban J connectivity index is 1.45. The van der Waals surface area contributed by atoms with E-state index in [0.29, 0.717) is 24.2 Å². The monoisotopic (exact) mass is 477 g/mol. The second kappa shape index (κ2) is 9.79. The summed E-state index contributed by atoms with van der Waals surface area (Å²) in [6.45, 7) is 3.18. The highest BCUT2D eigenvalue weighted by Crippen LogP contribution is 2.28. The van der Waals surface area contributed by atoms with E-state index < -0.39 is 15.9 Å². The minimum atomic E-state index is -3.70. The lowest BCUT2D eigenvalue weighted by atomic mass is 10.0. The van der Waals surface area contributed by atoms with Crippen LogP contribution >= 0.6 is 11.6 Å². The molecule has 172 valence electrons. The minimum Gasteiger partial charge on any atom is -0.506 e. The molecule has 0 spiro atoms. The van der Waals surface area contributed by atoms with Crippen molar-refractivity contribution >= 4 is 33.2 Å². The highest BCUT2D eigenvalue weighted by Gasteiger charge is 2.32. The van der Waals surface area contributed by atoms with E-state index >= 15 is 0 Å². The molecule has 2 saturated heterocycles. The Bertz CT molecular complexity index is 1080. The number of carbonyl (C=O) groups is 1. The number of likely N-dealkylation sites (tertiary alicyclic amines) is 1. The lowest BCUT2D eigenvalue weighted by Crippen LogP contribution is -2.48. The van der Waals surface area contributed by atoms with Gasteiger partial charge in [-0.15, -0.1) is 0 Å². The van der Waals surface area contributed by atoms with Gasteiger partial charge in [-0.1, -0.05) is 24.1 Å². The number of sulfonamides is 1. The van der Waals surface area contributed by atoms with E-state index in [1.807, 2.05) is 0 Å². The van der Waals surface area contributed by atoms with Crippen LogP contribution in [0, 0.1) is 0 Å². The molecule has 2 aliphatic rings. The molecule has 2 aliphatic heterocycles. The maximum absolute atomic E-state index is 13.2. The van der Waals surface area contributed by atoms with Crippen LogP contribution in [0.4, 0.5) is 5.69 Å². The van der Waals surface area contributed by atoms with Gasteiger partial charge in [-0.05, 0) is 75.2 Å². The molecule has 2 aromatic carbocycles. The first-order chi connectivity index (χ1) is 15.3. The number of carbonyl (C=O) groups excluding carboxylic acids is 1. The Labute approximate surface area is 194 Å². The zero-order valence-corrected chi connectivity index (χ0v) is 19.4. The number of phenolic OH excluding ortho intramolecular Hbond substituents is 1. The average molecular weight is 478 g/mol. The van der Waals surface area contributed by atoms with Crippen LogP contribution in [0.5, 0.6) is 5.75 Å². The van der Waals surface area contributed by atoms with E-state index in [4.69, 9.17) is 11.6 Å². The number of piperidine rings is 2. The molecular weight excluding hydrogens is 450 g/mol. The normalized spacial score (nSPS) is 19.0. The van der Waals surface area contributed by atoms with Gasteiger partial charge in [0.05, 0.1) is 10.6 Å². The molecule has 0 bridgehead atoms. The van der Waals surface area contributed by atoms with Crippen LogP contribution in [0.15, 0.2) is 47.4 Å². The molecule has 7 nitrogen and oxygen atoms in total. The van der Waals surface area contributed by atoms with E-state index in [9.17, 15) is 18.3 Å². The number of nitrogens with one attached hydrogen (secondary N) is 1. The third-order valence-electron chi connectivity index (χ3n) is 6.27. The van der Waals surface area contributed by atoms with Gasteiger partial charge >= 0.3 is 0 Å². The number of phenols is 1. The standard InChI is InChI=1S/C23H28ClN3O4S/c24-18-7-8-22(28)21(16-18)25-23(29)17-5-4-6-20(15-17)32(30,31)27-13-9-19(10-14-27)26-11-2-1-3-12-26/h4-8,15-16,19,28H,1-3,9-14H2,(H,25,29).